The van der Waals surface area contributed by atoms with Crippen molar-refractivity contribution in [1.29, 1.82) is 0 Å². The maximum Gasteiger partial charge on any atom is 0.416 e. The van der Waals surface area contributed by atoms with Crippen molar-refractivity contribution in [2.75, 3.05) is 5.32 Å². The molecule has 112 valence electrons. The van der Waals surface area contributed by atoms with Crippen LogP contribution in [0, 0.1) is 0 Å². The van der Waals surface area contributed by atoms with E-state index in [1.54, 1.807) is 7.05 Å². The summed E-state index contributed by atoms with van der Waals surface area (Å²) >= 11 is 0. The highest BCUT2D eigenvalue weighted by atomic mass is 19.4. The van der Waals surface area contributed by atoms with E-state index in [9.17, 15) is 18.0 Å². The minimum absolute atomic E-state index is 0.0268. The number of carbonyl (C=O) groups is 1. The lowest BCUT2D eigenvalue weighted by atomic mass is 10.1. The molecule has 0 atom stereocenters. The maximum atomic E-state index is 12.9. The van der Waals surface area contributed by atoms with Crippen LogP contribution in [0.2, 0.25) is 0 Å². The summed E-state index contributed by atoms with van der Waals surface area (Å²) in [6.07, 6.45) is -3.10. The largest absolute Gasteiger partial charge is 0.416 e. The average molecular weight is 298 g/mol. The number of rotatable bonds is 3. The Labute approximate surface area is 118 Å². The lowest BCUT2D eigenvalue weighted by Gasteiger charge is -2.14. The SMILES string of the molecule is Cn1nccc1C(=O)Nc1ccc(CN)c(C(F)(F)F)c1. The molecule has 1 aromatic heterocycles. The number of aryl methyl sites for hydroxylation is 1. The molecule has 0 spiro atoms. The molecule has 3 N–H and O–H groups in total. The van der Waals surface area contributed by atoms with Crippen LogP contribution in [0.4, 0.5) is 18.9 Å². The third-order valence-electron chi connectivity index (χ3n) is 2.95. The molecule has 2 aromatic rings. The minimum atomic E-state index is -4.53. The Balaban J connectivity index is 2.30. The molecule has 1 amide bonds. The van der Waals surface area contributed by atoms with E-state index in [4.69, 9.17) is 5.73 Å². The van der Waals surface area contributed by atoms with Crippen LogP contribution in [0.15, 0.2) is 30.5 Å². The molecule has 0 saturated heterocycles. The van der Waals surface area contributed by atoms with Gasteiger partial charge >= 0.3 is 6.18 Å². The number of aromatic nitrogens is 2. The smallest absolute Gasteiger partial charge is 0.326 e. The predicted octanol–water partition coefficient (Wildman–Crippen LogP) is 2.15. The Bertz CT molecular complexity index is 664. The molecule has 0 bridgehead atoms. The van der Waals surface area contributed by atoms with Crippen LogP contribution in [0.5, 0.6) is 0 Å². The second-order valence-corrected chi connectivity index (χ2v) is 4.37. The number of amides is 1. The van der Waals surface area contributed by atoms with Crippen molar-refractivity contribution >= 4 is 11.6 Å². The summed E-state index contributed by atoms with van der Waals surface area (Å²) in [7, 11) is 1.56. The maximum absolute atomic E-state index is 12.9. The van der Waals surface area contributed by atoms with E-state index in [1.807, 2.05) is 0 Å². The van der Waals surface area contributed by atoms with Gasteiger partial charge in [-0.05, 0) is 23.8 Å². The fourth-order valence-electron chi connectivity index (χ4n) is 1.89. The highest BCUT2D eigenvalue weighted by molar-refractivity contribution is 6.03. The van der Waals surface area contributed by atoms with Gasteiger partial charge in [0, 0.05) is 25.5 Å². The van der Waals surface area contributed by atoms with Crippen LogP contribution < -0.4 is 11.1 Å². The molecule has 2 rings (SSSR count). The molecule has 1 heterocycles. The highest BCUT2D eigenvalue weighted by Gasteiger charge is 2.33. The molecule has 0 aliphatic carbocycles. The second-order valence-electron chi connectivity index (χ2n) is 4.37. The molecular weight excluding hydrogens is 285 g/mol. The summed E-state index contributed by atoms with van der Waals surface area (Å²) in [5.41, 5.74) is 4.71. The molecule has 21 heavy (non-hydrogen) atoms. The van der Waals surface area contributed by atoms with Gasteiger partial charge in [0.15, 0.2) is 0 Å². The molecule has 5 nitrogen and oxygen atoms in total. The number of halogens is 3. The van der Waals surface area contributed by atoms with Crippen molar-refractivity contribution in [2.45, 2.75) is 12.7 Å². The Hall–Kier alpha value is -2.35. The minimum Gasteiger partial charge on any atom is -0.326 e. The summed E-state index contributed by atoms with van der Waals surface area (Å²) in [6, 6.07) is 4.97. The zero-order valence-electron chi connectivity index (χ0n) is 11.1. The summed E-state index contributed by atoms with van der Waals surface area (Å²) in [4.78, 5) is 11.9. The van der Waals surface area contributed by atoms with Crippen molar-refractivity contribution < 1.29 is 18.0 Å². The van der Waals surface area contributed by atoms with E-state index >= 15 is 0 Å². The second kappa shape index (κ2) is 5.57. The van der Waals surface area contributed by atoms with Gasteiger partial charge in [0.1, 0.15) is 5.69 Å². The van der Waals surface area contributed by atoms with Gasteiger partial charge in [-0.1, -0.05) is 6.07 Å². The fourth-order valence-corrected chi connectivity index (χ4v) is 1.89. The Kier molecular flexibility index (Phi) is 3.99. The first-order chi connectivity index (χ1) is 9.82. The van der Waals surface area contributed by atoms with Gasteiger partial charge in [-0.2, -0.15) is 18.3 Å². The molecule has 0 saturated carbocycles. The topological polar surface area (TPSA) is 72.9 Å². The highest BCUT2D eigenvalue weighted by Crippen LogP contribution is 2.33. The first kappa shape index (κ1) is 15.0. The van der Waals surface area contributed by atoms with Crippen LogP contribution in [0.1, 0.15) is 21.6 Å². The van der Waals surface area contributed by atoms with Gasteiger partial charge in [0.25, 0.3) is 5.91 Å². The summed E-state index contributed by atoms with van der Waals surface area (Å²) in [6.45, 7) is -0.231. The van der Waals surface area contributed by atoms with Gasteiger partial charge in [-0.15, -0.1) is 0 Å². The van der Waals surface area contributed by atoms with Crippen molar-refractivity contribution in [3.8, 4) is 0 Å². The fraction of sp³-hybridized carbons (Fsp3) is 0.231. The standard InChI is InChI=1S/C13H13F3N4O/c1-20-11(4-5-18-20)12(21)19-9-3-2-8(7-17)10(6-9)13(14,15)16/h2-6H,7,17H2,1H3,(H,19,21). The monoisotopic (exact) mass is 298 g/mol. The Morgan fingerprint density at radius 2 is 2.10 bits per heavy atom. The normalized spacial score (nSPS) is 11.5. The number of nitrogens with zero attached hydrogens (tertiary/aromatic N) is 2. The van der Waals surface area contributed by atoms with Crippen LogP contribution in [-0.4, -0.2) is 15.7 Å². The molecular formula is C13H13F3N4O. The number of hydrogen-bond acceptors (Lipinski definition) is 3. The quantitative estimate of drug-likeness (QED) is 0.912. The van der Waals surface area contributed by atoms with E-state index in [0.29, 0.717) is 0 Å². The van der Waals surface area contributed by atoms with Gasteiger partial charge in [0.2, 0.25) is 0 Å². The zero-order valence-corrected chi connectivity index (χ0v) is 11.1. The van der Waals surface area contributed by atoms with Gasteiger partial charge in [-0.25, -0.2) is 0 Å². The van der Waals surface area contributed by atoms with Crippen molar-refractivity contribution in [1.82, 2.24) is 9.78 Å². The van der Waals surface area contributed by atoms with E-state index in [-0.39, 0.29) is 23.5 Å². The molecule has 0 unspecified atom stereocenters. The molecule has 0 radical (unpaired) electrons. The van der Waals surface area contributed by atoms with Gasteiger partial charge in [0.05, 0.1) is 5.56 Å². The Morgan fingerprint density at radius 1 is 1.38 bits per heavy atom. The number of nitrogens with one attached hydrogen (secondary N) is 1. The third-order valence-corrected chi connectivity index (χ3v) is 2.95. The first-order valence-electron chi connectivity index (χ1n) is 6.02. The van der Waals surface area contributed by atoms with Gasteiger partial charge < -0.3 is 11.1 Å². The predicted molar refractivity (Wildman–Crippen MR) is 70.5 cm³/mol. The van der Waals surface area contributed by atoms with E-state index in [2.05, 4.69) is 10.4 Å². The number of anilines is 1. The zero-order chi connectivity index (χ0) is 15.6. The van der Waals surface area contributed by atoms with Crippen LogP contribution >= 0.6 is 0 Å². The lowest BCUT2D eigenvalue weighted by molar-refractivity contribution is -0.138. The summed E-state index contributed by atoms with van der Waals surface area (Å²) in [5.74, 6) is -0.538. The number of nitrogens with two attached hydrogens (primary N) is 1. The lowest BCUT2D eigenvalue weighted by Crippen LogP contribution is -2.17. The van der Waals surface area contributed by atoms with E-state index in [1.165, 1.54) is 29.1 Å². The summed E-state index contributed by atoms with van der Waals surface area (Å²) < 4.78 is 40.1. The number of hydrogen-bond donors (Lipinski definition) is 2. The van der Waals surface area contributed by atoms with Crippen LogP contribution in [0.3, 0.4) is 0 Å². The van der Waals surface area contributed by atoms with E-state index in [0.717, 1.165) is 6.07 Å². The number of carbonyl (C=O) groups excluding carboxylic acids is 1. The van der Waals surface area contributed by atoms with Gasteiger partial charge in [-0.3, -0.25) is 9.48 Å². The first-order valence-corrected chi connectivity index (χ1v) is 6.02. The van der Waals surface area contributed by atoms with Crippen LogP contribution in [-0.2, 0) is 19.8 Å². The number of alkyl halides is 3. The third kappa shape index (κ3) is 3.22. The molecule has 0 aliphatic heterocycles. The molecule has 0 aliphatic rings. The van der Waals surface area contributed by atoms with Crippen molar-refractivity contribution in [2.24, 2.45) is 12.8 Å². The Morgan fingerprint density at radius 3 is 2.62 bits per heavy atom. The number of benzene rings is 1. The average Bonchev–Trinajstić information content (AvgIpc) is 2.84. The molecule has 1 aromatic carbocycles. The molecule has 0 fully saturated rings. The van der Waals surface area contributed by atoms with Crippen molar-refractivity contribution in [3.63, 3.8) is 0 Å². The van der Waals surface area contributed by atoms with Crippen LogP contribution in [0.25, 0.3) is 0 Å². The van der Waals surface area contributed by atoms with E-state index < -0.39 is 17.6 Å². The molecule has 8 heteroatoms. The summed E-state index contributed by atoms with van der Waals surface area (Å²) in [5, 5.41) is 6.23. The van der Waals surface area contributed by atoms with Crippen molar-refractivity contribution in [3.05, 3.63) is 47.3 Å².